The molecule has 1 rings (SSSR count). The highest BCUT2D eigenvalue weighted by atomic mass is 32.2. The van der Waals surface area contributed by atoms with Gasteiger partial charge in [0.15, 0.2) is 0 Å². The number of nitrogens with zero attached hydrogens (tertiary/aromatic N) is 1. The van der Waals surface area contributed by atoms with Gasteiger partial charge < -0.3 is 55.4 Å². The van der Waals surface area contributed by atoms with E-state index >= 15 is 0 Å². The maximum Gasteiger partial charge on any atom is 0.262 e. The quantitative estimate of drug-likeness (QED) is 0.0525. The van der Waals surface area contributed by atoms with E-state index in [-0.39, 0.29) is 62.1 Å². The third-order valence-electron chi connectivity index (χ3n) is 5.89. The maximum absolute atomic E-state index is 12.5. The van der Waals surface area contributed by atoms with E-state index in [0.717, 1.165) is 6.29 Å². The molecule has 1 aliphatic rings. The summed E-state index contributed by atoms with van der Waals surface area (Å²) in [7, 11) is 0. The van der Waals surface area contributed by atoms with Gasteiger partial charge in [-0.2, -0.15) is 0 Å². The van der Waals surface area contributed by atoms with Crippen LogP contribution in [0, 0.1) is 5.92 Å². The van der Waals surface area contributed by atoms with Gasteiger partial charge in [0.1, 0.15) is 12.5 Å². The molecular formula is C27H47N5O10S. The second-order valence-electron chi connectivity index (χ2n) is 9.62. The smallest absolute Gasteiger partial charge is 0.262 e. The molecule has 0 saturated heterocycles. The largest absolute Gasteiger partial charge is 0.379 e. The molecule has 0 aliphatic carbocycles. The number of hydrogen-bond donors (Lipinski definition) is 5. The lowest BCUT2D eigenvalue weighted by Crippen LogP contribution is -2.40. The van der Waals surface area contributed by atoms with Gasteiger partial charge in [0.25, 0.3) is 5.91 Å². The number of aldehydes is 1. The molecule has 4 amide bonds. The standard InChI is InChI=1S/C27H47N5O10S/c1-20(2)21(19-33)31-24(35)4-8-39-10-12-41-14-15-42-13-11-40-9-5-29-23(34)3-7-32-26(37)17-22(27(32)38)43-16-6-30-25(36)18-28/h17,19-21,26,37H,3-16,18,28H2,1-2H3,(H,29,34)(H,30,36)(H,31,35)/t21-,26?/m1/s1. The Hall–Kier alpha value is -2.60. The lowest BCUT2D eigenvalue weighted by atomic mass is 10.1. The molecule has 0 aromatic rings. The Balaban J connectivity index is 1.93. The zero-order chi connectivity index (χ0) is 31.9. The number of carbonyl (C=O) groups is 5. The predicted molar refractivity (Wildman–Crippen MR) is 159 cm³/mol. The average Bonchev–Trinajstić information content (AvgIpc) is 3.25. The number of aliphatic hydroxyl groups is 1. The van der Waals surface area contributed by atoms with E-state index in [1.807, 2.05) is 13.8 Å². The first-order valence-corrected chi connectivity index (χ1v) is 15.3. The molecule has 6 N–H and O–H groups in total. The summed E-state index contributed by atoms with van der Waals surface area (Å²) in [5, 5.41) is 18.1. The Labute approximate surface area is 256 Å². The fraction of sp³-hybridized carbons (Fsp3) is 0.741. The van der Waals surface area contributed by atoms with Crippen LogP contribution in [0.5, 0.6) is 0 Å². The third kappa shape index (κ3) is 18.0. The molecule has 43 heavy (non-hydrogen) atoms. The van der Waals surface area contributed by atoms with E-state index < -0.39 is 12.3 Å². The highest BCUT2D eigenvalue weighted by Crippen LogP contribution is 2.26. The number of aliphatic hydroxyl groups excluding tert-OH is 1. The average molecular weight is 634 g/mol. The van der Waals surface area contributed by atoms with Crippen LogP contribution in [0.2, 0.25) is 0 Å². The second kappa shape index (κ2) is 23.8. The molecule has 15 nitrogen and oxygen atoms in total. The van der Waals surface area contributed by atoms with E-state index in [1.54, 1.807) is 0 Å². The van der Waals surface area contributed by atoms with Crippen molar-refractivity contribution in [2.24, 2.45) is 11.7 Å². The van der Waals surface area contributed by atoms with Crippen molar-refractivity contribution in [2.75, 3.05) is 84.8 Å². The van der Waals surface area contributed by atoms with E-state index in [1.165, 1.54) is 22.7 Å². The van der Waals surface area contributed by atoms with Gasteiger partial charge in [-0.25, -0.2) is 0 Å². The van der Waals surface area contributed by atoms with Crippen LogP contribution in [0.4, 0.5) is 0 Å². The molecule has 1 heterocycles. The number of rotatable bonds is 26. The molecule has 1 aliphatic heterocycles. The summed E-state index contributed by atoms with van der Waals surface area (Å²) in [5.41, 5.74) is 5.21. The summed E-state index contributed by atoms with van der Waals surface area (Å²) in [6.45, 7) is 7.03. The highest BCUT2D eigenvalue weighted by molar-refractivity contribution is 8.04. The molecule has 0 aromatic carbocycles. The zero-order valence-corrected chi connectivity index (χ0v) is 25.9. The first kappa shape index (κ1) is 38.4. The van der Waals surface area contributed by atoms with Gasteiger partial charge in [-0.3, -0.25) is 19.2 Å². The molecular weight excluding hydrogens is 586 g/mol. The number of hydrogen-bond acceptors (Lipinski definition) is 12. The van der Waals surface area contributed by atoms with E-state index in [0.29, 0.717) is 70.0 Å². The monoisotopic (exact) mass is 633 g/mol. The van der Waals surface area contributed by atoms with Crippen LogP contribution >= 0.6 is 11.8 Å². The van der Waals surface area contributed by atoms with Gasteiger partial charge in [-0.15, -0.1) is 11.8 Å². The number of nitrogens with one attached hydrogen (secondary N) is 3. The summed E-state index contributed by atoms with van der Waals surface area (Å²) < 4.78 is 21.6. The van der Waals surface area contributed by atoms with Crippen molar-refractivity contribution in [1.82, 2.24) is 20.9 Å². The molecule has 0 fully saturated rings. The number of amides is 4. The van der Waals surface area contributed by atoms with Crippen LogP contribution in [-0.4, -0.2) is 137 Å². The molecule has 0 bridgehead atoms. The Kier molecular flexibility index (Phi) is 21.3. The number of thioether (sulfide) groups is 1. The van der Waals surface area contributed by atoms with Crippen molar-refractivity contribution in [1.29, 1.82) is 0 Å². The van der Waals surface area contributed by atoms with Gasteiger partial charge in [-0.1, -0.05) is 13.8 Å². The Bertz CT molecular complexity index is 892. The number of carbonyl (C=O) groups excluding carboxylic acids is 5. The first-order valence-electron chi connectivity index (χ1n) is 14.3. The minimum absolute atomic E-state index is 0.0325. The predicted octanol–water partition coefficient (Wildman–Crippen LogP) is -1.86. The number of nitrogens with two attached hydrogens (primary N) is 1. The van der Waals surface area contributed by atoms with Gasteiger partial charge >= 0.3 is 0 Å². The normalized spacial score (nSPS) is 15.4. The SMILES string of the molecule is CC(C)[C@@H](C=O)NC(=O)CCOCCOCCOCCOCCNC(=O)CCN1C(=O)C(SCCNC(=O)CN)=CC1O. The van der Waals surface area contributed by atoms with Crippen LogP contribution < -0.4 is 21.7 Å². The number of ether oxygens (including phenoxy) is 4. The fourth-order valence-electron chi connectivity index (χ4n) is 3.44. The maximum atomic E-state index is 12.5. The fourth-order valence-corrected chi connectivity index (χ4v) is 4.32. The molecule has 0 aromatic heterocycles. The lowest BCUT2D eigenvalue weighted by Gasteiger charge is -2.20. The van der Waals surface area contributed by atoms with Gasteiger partial charge in [0.2, 0.25) is 17.7 Å². The Morgan fingerprint density at radius 2 is 1.51 bits per heavy atom. The van der Waals surface area contributed by atoms with E-state index in [9.17, 15) is 29.1 Å². The second-order valence-corrected chi connectivity index (χ2v) is 10.8. The van der Waals surface area contributed by atoms with Crippen molar-refractivity contribution < 1.29 is 48.0 Å². The van der Waals surface area contributed by atoms with Gasteiger partial charge in [0.05, 0.1) is 70.3 Å². The van der Waals surface area contributed by atoms with Crippen LogP contribution in [0.25, 0.3) is 0 Å². The molecule has 16 heteroatoms. The molecule has 2 atom stereocenters. The molecule has 0 radical (unpaired) electrons. The van der Waals surface area contributed by atoms with Gasteiger partial charge in [0, 0.05) is 38.2 Å². The molecule has 0 spiro atoms. The van der Waals surface area contributed by atoms with Crippen molar-refractivity contribution in [3.8, 4) is 0 Å². The van der Waals surface area contributed by atoms with Crippen molar-refractivity contribution in [3.05, 3.63) is 11.0 Å². The third-order valence-corrected chi connectivity index (χ3v) is 6.92. The van der Waals surface area contributed by atoms with E-state index in [2.05, 4.69) is 16.0 Å². The molecule has 0 saturated carbocycles. The minimum atomic E-state index is -1.10. The van der Waals surface area contributed by atoms with Crippen molar-refractivity contribution >= 4 is 41.7 Å². The van der Waals surface area contributed by atoms with Crippen LogP contribution in [0.1, 0.15) is 26.7 Å². The molecule has 1 unspecified atom stereocenters. The highest BCUT2D eigenvalue weighted by Gasteiger charge is 2.31. The summed E-state index contributed by atoms with van der Waals surface area (Å²) in [5.74, 6) is -0.649. The van der Waals surface area contributed by atoms with Crippen LogP contribution in [-0.2, 0) is 42.9 Å². The van der Waals surface area contributed by atoms with Crippen molar-refractivity contribution in [3.63, 3.8) is 0 Å². The zero-order valence-electron chi connectivity index (χ0n) is 25.0. The van der Waals surface area contributed by atoms with Crippen LogP contribution in [0.15, 0.2) is 11.0 Å². The topological polar surface area (TPSA) is 208 Å². The first-order chi connectivity index (χ1) is 20.7. The summed E-state index contributed by atoms with van der Waals surface area (Å²) >= 11 is 1.22. The van der Waals surface area contributed by atoms with Crippen LogP contribution in [0.3, 0.4) is 0 Å². The minimum Gasteiger partial charge on any atom is -0.379 e. The lowest BCUT2D eigenvalue weighted by molar-refractivity contribution is -0.132. The Morgan fingerprint density at radius 3 is 2.09 bits per heavy atom. The summed E-state index contributed by atoms with van der Waals surface area (Å²) in [4.78, 5) is 59.9. The Morgan fingerprint density at radius 1 is 0.930 bits per heavy atom. The van der Waals surface area contributed by atoms with Gasteiger partial charge in [-0.05, 0) is 12.0 Å². The van der Waals surface area contributed by atoms with Crippen molar-refractivity contribution in [2.45, 2.75) is 39.0 Å². The van der Waals surface area contributed by atoms with E-state index in [4.69, 9.17) is 24.7 Å². The summed E-state index contributed by atoms with van der Waals surface area (Å²) in [6, 6.07) is -0.488. The summed E-state index contributed by atoms with van der Waals surface area (Å²) in [6.07, 6.45) is 1.27. The molecule has 246 valence electrons.